The van der Waals surface area contributed by atoms with E-state index < -0.39 is 11.6 Å². The second-order valence-electron chi connectivity index (χ2n) is 6.33. The fourth-order valence-electron chi connectivity index (χ4n) is 3.12. The highest BCUT2D eigenvalue weighted by molar-refractivity contribution is 5.96. The molecule has 0 aliphatic carbocycles. The number of methoxy groups -OCH3 is 1. The summed E-state index contributed by atoms with van der Waals surface area (Å²) < 4.78 is 31.4. The molecule has 0 spiro atoms. The Morgan fingerprint density at radius 3 is 2.73 bits per heavy atom. The summed E-state index contributed by atoms with van der Waals surface area (Å²) in [6.07, 6.45) is 3.16. The first-order valence-corrected chi connectivity index (χ1v) is 8.53. The summed E-state index contributed by atoms with van der Waals surface area (Å²) in [6.45, 7) is 2.11. The minimum Gasteiger partial charge on any atom is -0.480 e. The summed E-state index contributed by atoms with van der Waals surface area (Å²) in [7, 11) is 1.48. The zero-order valence-corrected chi connectivity index (χ0v) is 14.5. The standard InChI is InChI=1S/C19H21F2N3O2/c1-26-19-15(3-2-8-22-19)18(25)23-14-6-9-24(10-7-14)12-13-4-5-16(20)17(21)11-13/h2-5,8,11,14H,6-7,9-10,12H2,1H3,(H,23,25). The third-order valence-corrected chi connectivity index (χ3v) is 4.52. The molecule has 1 N–H and O–H groups in total. The number of hydrogen-bond donors (Lipinski definition) is 1. The number of hydrogen-bond acceptors (Lipinski definition) is 4. The Balaban J connectivity index is 1.52. The Morgan fingerprint density at radius 2 is 2.04 bits per heavy atom. The van der Waals surface area contributed by atoms with Crippen LogP contribution < -0.4 is 10.1 Å². The number of benzene rings is 1. The highest BCUT2D eigenvalue weighted by atomic mass is 19.2. The third-order valence-electron chi connectivity index (χ3n) is 4.52. The van der Waals surface area contributed by atoms with Crippen LogP contribution in [0.15, 0.2) is 36.5 Å². The van der Waals surface area contributed by atoms with E-state index in [1.165, 1.54) is 13.2 Å². The van der Waals surface area contributed by atoms with E-state index >= 15 is 0 Å². The van der Waals surface area contributed by atoms with Gasteiger partial charge in [0.1, 0.15) is 5.56 Å². The number of amides is 1. The van der Waals surface area contributed by atoms with Gasteiger partial charge >= 0.3 is 0 Å². The maximum Gasteiger partial charge on any atom is 0.256 e. The van der Waals surface area contributed by atoms with E-state index in [9.17, 15) is 13.6 Å². The predicted molar refractivity (Wildman–Crippen MR) is 92.9 cm³/mol. The van der Waals surface area contributed by atoms with Gasteiger partial charge in [0.15, 0.2) is 11.6 Å². The van der Waals surface area contributed by atoms with Crippen molar-refractivity contribution in [3.63, 3.8) is 0 Å². The summed E-state index contributed by atoms with van der Waals surface area (Å²) in [5.74, 6) is -1.55. The molecular weight excluding hydrogens is 340 g/mol. The van der Waals surface area contributed by atoms with Crippen molar-refractivity contribution < 1.29 is 18.3 Å². The van der Waals surface area contributed by atoms with Crippen LogP contribution in [0.25, 0.3) is 0 Å². The topological polar surface area (TPSA) is 54.5 Å². The normalized spacial score (nSPS) is 15.7. The van der Waals surface area contributed by atoms with Gasteiger partial charge in [-0.2, -0.15) is 0 Å². The van der Waals surface area contributed by atoms with Crippen molar-refractivity contribution in [3.8, 4) is 5.88 Å². The molecule has 26 heavy (non-hydrogen) atoms. The molecule has 0 atom stereocenters. The quantitative estimate of drug-likeness (QED) is 0.890. The van der Waals surface area contributed by atoms with Crippen LogP contribution in [0.5, 0.6) is 5.88 Å². The van der Waals surface area contributed by atoms with Crippen molar-refractivity contribution in [1.29, 1.82) is 0 Å². The van der Waals surface area contributed by atoms with Crippen molar-refractivity contribution in [1.82, 2.24) is 15.2 Å². The molecule has 1 aliphatic rings. The predicted octanol–water partition coefficient (Wildman–Crippen LogP) is 2.76. The number of carbonyl (C=O) groups is 1. The lowest BCUT2D eigenvalue weighted by atomic mass is 10.0. The zero-order valence-electron chi connectivity index (χ0n) is 14.5. The van der Waals surface area contributed by atoms with Gasteiger partial charge in [-0.15, -0.1) is 0 Å². The number of nitrogens with zero attached hydrogens (tertiary/aromatic N) is 2. The van der Waals surface area contributed by atoms with Gasteiger partial charge in [-0.05, 0) is 42.7 Å². The van der Waals surface area contributed by atoms with E-state index in [0.29, 0.717) is 18.0 Å². The van der Waals surface area contributed by atoms with Crippen LogP contribution in [0, 0.1) is 11.6 Å². The first kappa shape index (κ1) is 18.3. The van der Waals surface area contributed by atoms with Gasteiger partial charge in [0.2, 0.25) is 5.88 Å². The molecule has 0 bridgehead atoms. The molecule has 1 aliphatic heterocycles. The van der Waals surface area contributed by atoms with Crippen LogP contribution >= 0.6 is 0 Å². The van der Waals surface area contributed by atoms with E-state index in [-0.39, 0.29) is 11.9 Å². The first-order valence-electron chi connectivity index (χ1n) is 8.53. The zero-order chi connectivity index (χ0) is 18.5. The lowest BCUT2D eigenvalue weighted by Crippen LogP contribution is -2.44. The van der Waals surface area contributed by atoms with Crippen molar-refractivity contribution in [2.75, 3.05) is 20.2 Å². The maximum absolute atomic E-state index is 13.3. The van der Waals surface area contributed by atoms with Gasteiger partial charge in [-0.3, -0.25) is 9.69 Å². The molecule has 2 heterocycles. The van der Waals surface area contributed by atoms with Gasteiger partial charge in [-0.1, -0.05) is 6.07 Å². The Labute approximate surface area is 151 Å². The molecule has 0 radical (unpaired) electrons. The van der Waals surface area contributed by atoms with E-state index in [0.717, 1.165) is 37.6 Å². The Bertz CT molecular complexity index is 777. The number of rotatable bonds is 5. The Kier molecular flexibility index (Phi) is 5.78. The molecule has 0 saturated carbocycles. The average Bonchev–Trinajstić information content (AvgIpc) is 2.66. The third kappa shape index (κ3) is 4.35. The Hall–Kier alpha value is -2.54. The lowest BCUT2D eigenvalue weighted by Gasteiger charge is -2.32. The van der Waals surface area contributed by atoms with E-state index in [2.05, 4.69) is 15.2 Å². The summed E-state index contributed by atoms with van der Waals surface area (Å²) in [5, 5.41) is 3.02. The van der Waals surface area contributed by atoms with Gasteiger partial charge in [0.25, 0.3) is 5.91 Å². The van der Waals surface area contributed by atoms with Crippen molar-refractivity contribution in [2.45, 2.75) is 25.4 Å². The second-order valence-corrected chi connectivity index (χ2v) is 6.33. The van der Waals surface area contributed by atoms with E-state index in [1.807, 2.05) is 0 Å². The molecule has 138 valence electrons. The van der Waals surface area contributed by atoms with Gasteiger partial charge in [0, 0.05) is 31.9 Å². The monoisotopic (exact) mass is 361 g/mol. The number of halogens is 2. The SMILES string of the molecule is COc1ncccc1C(=O)NC1CCN(Cc2ccc(F)c(F)c2)CC1. The van der Waals surface area contributed by atoms with Gasteiger partial charge in [0.05, 0.1) is 7.11 Å². The summed E-state index contributed by atoms with van der Waals surface area (Å²) in [4.78, 5) is 18.6. The number of pyridine rings is 1. The molecule has 3 rings (SSSR count). The molecule has 1 aromatic carbocycles. The summed E-state index contributed by atoms with van der Waals surface area (Å²) >= 11 is 0. The average molecular weight is 361 g/mol. The molecular formula is C19H21F2N3O2. The van der Waals surface area contributed by atoms with Crippen molar-refractivity contribution >= 4 is 5.91 Å². The van der Waals surface area contributed by atoms with Crippen LogP contribution in [0.2, 0.25) is 0 Å². The smallest absolute Gasteiger partial charge is 0.256 e. The van der Waals surface area contributed by atoms with Crippen LogP contribution in [0.1, 0.15) is 28.8 Å². The van der Waals surface area contributed by atoms with Crippen molar-refractivity contribution in [2.24, 2.45) is 0 Å². The largest absolute Gasteiger partial charge is 0.480 e. The van der Waals surface area contributed by atoms with Gasteiger partial charge in [-0.25, -0.2) is 13.8 Å². The lowest BCUT2D eigenvalue weighted by molar-refractivity contribution is 0.0905. The number of carbonyl (C=O) groups excluding carboxylic acids is 1. The first-order chi connectivity index (χ1) is 12.6. The molecule has 1 amide bonds. The Morgan fingerprint density at radius 1 is 1.27 bits per heavy atom. The molecule has 0 unspecified atom stereocenters. The fourth-order valence-corrected chi connectivity index (χ4v) is 3.12. The molecule has 5 nitrogen and oxygen atoms in total. The van der Waals surface area contributed by atoms with Crippen LogP contribution in [0.3, 0.4) is 0 Å². The van der Waals surface area contributed by atoms with Crippen LogP contribution in [-0.2, 0) is 6.54 Å². The highest BCUT2D eigenvalue weighted by Gasteiger charge is 2.23. The fraction of sp³-hybridized carbons (Fsp3) is 0.368. The van der Waals surface area contributed by atoms with Gasteiger partial charge < -0.3 is 10.1 Å². The summed E-state index contributed by atoms with van der Waals surface area (Å²) in [6, 6.07) is 7.42. The van der Waals surface area contributed by atoms with Crippen LogP contribution in [-0.4, -0.2) is 42.0 Å². The molecule has 1 saturated heterocycles. The van der Waals surface area contributed by atoms with Crippen molar-refractivity contribution in [3.05, 3.63) is 59.3 Å². The number of piperidine rings is 1. The minimum atomic E-state index is -0.832. The molecule has 7 heteroatoms. The second kappa shape index (κ2) is 8.23. The van der Waals surface area contributed by atoms with E-state index in [4.69, 9.17) is 4.74 Å². The van der Waals surface area contributed by atoms with E-state index in [1.54, 1.807) is 24.4 Å². The maximum atomic E-state index is 13.3. The number of nitrogens with one attached hydrogen (secondary N) is 1. The molecule has 2 aromatic rings. The molecule has 1 fully saturated rings. The minimum absolute atomic E-state index is 0.0635. The number of ether oxygens (including phenoxy) is 1. The number of aromatic nitrogens is 1. The number of likely N-dealkylation sites (tertiary alicyclic amines) is 1. The highest BCUT2D eigenvalue weighted by Crippen LogP contribution is 2.18. The summed E-state index contributed by atoms with van der Waals surface area (Å²) in [5.41, 5.74) is 1.16. The van der Waals surface area contributed by atoms with Crippen LogP contribution in [0.4, 0.5) is 8.78 Å². The molecule has 1 aromatic heterocycles.